The fraction of sp³-hybridized carbons (Fsp3) is 0.652. The quantitative estimate of drug-likeness (QED) is 0.623. The van der Waals surface area contributed by atoms with Crippen molar-refractivity contribution in [1.82, 2.24) is 20.4 Å². The summed E-state index contributed by atoms with van der Waals surface area (Å²) in [6, 6.07) is 8.36. The van der Waals surface area contributed by atoms with Gasteiger partial charge >= 0.3 is 0 Å². The highest BCUT2D eigenvalue weighted by Gasteiger charge is 2.20. The van der Waals surface area contributed by atoms with Crippen molar-refractivity contribution in [3.8, 4) is 0 Å². The van der Waals surface area contributed by atoms with Crippen LogP contribution in [-0.4, -0.2) is 60.9 Å². The Morgan fingerprint density at radius 3 is 2.21 bits per heavy atom. The molecule has 0 unspecified atom stereocenters. The maximum Gasteiger partial charge on any atom is 0.225 e. The molecule has 2 amide bonds. The van der Waals surface area contributed by atoms with Crippen molar-refractivity contribution >= 4 is 11.8 Å². The number of nitrogens with zero attached hydrogens (tertiary/aromatic N) is 2. The van der Waals surface area contributed by atoms with E-state index in [1.807, 2.05) is 26.8 Å². The van der Waals surface area contributed by atoms with Crippen LogP contribution in [-0.2, 0) is 22.7 Å². The maximum absolute atomic E-state index is 12.2. The van der Waals surface area contributed by atoms with E-state index in [0.717, 1.165) is 39.3 Å². The number of hydrogen-bond acceptors (Lipinski definition) is 4. The summed E-state index contributed by atoms with van der Waals surface area (Å²) in [5.41, 5.74) is 2.07. The number of carbonyl (C=O) groups excluding carboxylic acids is 2. The zero-order valence-corrected chi connectivity index (χ0v) is 18.6. The lowest BCUT2D eigenvalue weighted by Gasteiger charge is -2.34. The predicted octanol–water partition coefficient (Wildman–Crippen LogP) is 2.38. The first-order chi connectivity index (χ1) is 13.8. The van der Waals surface area contributed by atoms with Gasteiger partial charge in [0.15, 0.2) is 0 Å². The highest BCUT2D eigenvalue weighted by atomic mass is 16.2. The molecule has 2 rings (SSSR count). The van der Waals surface area contributed by atoms with Gasteiger partial charge in [-0.1, -0.05) is 52.0 Å². The van der Waals surface area contributed by atoms with Gasteiger partial charge in [0.2, 0.25) is 11.8 Å². The second kappa shape index (κ2) is 11.3. The average Bonchev–Trinajstić information content (AvgIpc) is 2.70. The summed E-state index contributed by atoms with van der Waals surface area (Å²) in [5.74, 6) is 0.0491. The van der Waals surface area contributed by atoms with Crippen LogP contribution < -0.4 is 10.6 Å². The fourth-order valence-corrected chi connectivity index (χ4v) is 3.39. The number of carbonyl (C=O) groups is 2. The highest BCUT2D eigenvalue weighted by Crippen LogP contribution is 2.14. The zero-order chi connectivity index (χ0) is 21.3. The minimum Gasteiger partial charge on any atom is -0.356 e. The summed E-state index contributed by atoms with van der Waals surface area (Å²) in [7, 11) is 0. The van der Waals surface area contributed by atoms with Gasteiger partial charge in [0.25, 0.3) is 0 Å². The van der Waals surface area contributed by atoms with Gasteiger partial charge in [-0.3, -0.25) is 14.5 Å². The van der Waals surface area contributed by atoms with Crippen molar-refractivity contribution in [2.24, 2.45) is 5.41 Å². The third-order valence-electron chi connectivity index (χ3n) is 5.45. The molecule has 29 heavy (non-hydrogen) atoms. The van der Waals surface area contributed by atoms with Gasteiger partial charge in [-0.05, 0) is 24.1 Å². The van der Waals surface area contributed by atoms with Crippen LogP contribution in [0.2, 0.25) is 0 Å². The molecule has 162 valence electrons. The van der Waals surface area contributed by atoms with Crippen LogP contribution in [0.5, 0.6) is 0 Å². The van der Waals surface area contributed by atoms with Crippen molar-refractivity contribution in [1.29, 1.82) is 0 Å². The Labute approximate surface area is 176 Å². The van der Waals surface area contributed by atoms with Gasteiger partial charge in [0.1, 0.15) is 0 Å². The topological polar surface area (TPSA) is 64.7 Å². The highest BCUT2D eigenvalue weighted by molar-refractivity contribution is 5.81. The molecule has 1 aliphatic rings. The van der Waals surface area contributed by atoms with E-state index < -0.39 is 5.41 Å². The molecule has 1 fully saturated rings. The lowest BCUT2D eigenvalue weighted by molar-refractivity contribution is -0.128. The van der Waals surface area contributed by atoms with Gasteiger partial charge in [-0.2, -0.15) is 0 Å². The molecule has 0 bridgehead atoms. The first-order valence-electron chi connectivity index (χ1n) is 10.9. The van der Waals surface area contributed by atoms with Crippen LogP contribution in [0.4, 0.5) is 0 Å². The maximum atomic E-state index is 12.2. The summed E-state index contributed by atoms with van der Waals surface area (Å²) >= 11 is 0. The van der Waals surface area contributed by atoms with E-state index in [9.17, 15) is 9.59 Å². The van der Waals surface area contributed by atoms with E-state index in [4.69, 9.17) is 0 Å². The lowest BCUT2D eigenvalue weighted by atomic mass is 9.96. The van der Waals surface area contributed by atoms with Gasteiger partial charge in [-0.15, -0.1) is 0 Å². The van der Waals surface area contributed by atoms with E-state index in [-0.39, 0.29) is 11.8 Å². The molecule has 1 aromatic rings. The second-order valence-electron chi connectivity index (χ2n) is 8.87. The summed E-state index contributed by atoms with van der Waals surface area (Å²) in [6.07, 6.45) is 1.07. The van der Waals surface area contributed by atoms with Crippen LogP contribution in [0.1, 0.15) is 51.7 Å². The Balaban J connectivity index is 1.73. The normalized spacial score (nSPS) is 15.9. The van der Waals surface area contributed by atoms with Gasteiger partial charge in [-0.25, -0.2) is 0 Å². The van der Waals surface area contributed by atoms with Crippen LogP contribution >= 0.6 is 0 Å². The molecule has 0 radical (unpaired) electrons. The van der Waals surface area contributed by atoms with E-state index in [0.29, 0.717) is 25.9 Å². The zero-order valence-electron chi connectivity index (χ0n) is 18.6. The molecule has 0 spiro atoms. The predicted molar refractivity (Wildman–Crippen MR) is 117 cm³/mol. The molecule has 0 atom stereocenters. The summed E-state index contributed by atoms with van der Waals surface area (Å²) < 4.78 is 0. The van der Waals surface area contributed by atoms with Crippen molar-refractivity contribution in [3.05, 3.63) is 35.4 Å². The molecule has 1 saturated heterocycles. The van der Waals surface area contributed by atoms with Crippen molar-refractivity contribution in [3.63, 3.8) is 0 Å². The van der Waals surface area contributed by atoms with Crippen molar-refractivity contribution < 1.29 is 9.59 Å². The Morgan fingerprint density at radius 2 is 1.59 bits per heavy atom. The molecule has 0 saturated carbocycles. The van der Waals surface area contributed by atoms with Crippen LogP contribution in [0.15, 0.2) is 24.3 Å². The Kier molecular flexibility index (Phi) is 9.11. The molecule has 1 aromatic carbocycles. The van der Waals surface area contributed by atoms with Crippen LogP contribution in [0, 0.1) is 5.41 Å². The number of rotatable bonds is 9. The number of benzene rings is 1. The SMILES string of the molecule is CCN1CCN(Cc2ccccc2CNC(=O)CCCNC(=O)C(C)(C)C)CC1. The Bertz CT molecular complexity index is 661. The number of amides is 2. The van der Waals surface area contributed by atoms with E-state index in [1.54, 1.807) is 0 Å². The van der Waals surface area contributed by atoms with Crippen molar-refractivity contribution in [2.45, 2.75) is 53.6 Å². The summed E-state index contributed by atoms with van der Waals surface area (Å²) in [4.78, 5) is 29.0. The van der Waals surface area contributed by atoms with E-state index in [1.165, 1.54) is 11.1 Å². The standard InChI is InChI=1S/C23H38N4O2/c1-5-26-13-15-27(16-14-26)18-20-10-7-6-9-19(20)17-25-21(28)11-8-12-24-22(29)23(2,3)4/h6-7,9-10H,5,8,11-18H2,1-4H3,(H,24,29)(H,25,28). The molecule has 0 aromatic heterocycles. The van der Waals surface area contributed by atoms with Gasteiger partial charge < -0.3 is 15.5 Å². The monoisotopic (exact) mass is 402 g/mol. The average molecular weight is 403 g/mol. The molecular weight excluding hydrogens is 364 g/mol. The molecule has 0 aliphatic carbocycles. The van der Waals surface area contributed by atoms with E-state index >= 15 is 0 Å². The lowest BCUT2D eigenvalue weighted by Crippen LogP contribution is -2.45. The Hall–Kier alpha value is -1.92. The first-order valence-corrected chi connectivity index (χ1v) is 10.9. The molecule has 6 heteroatoms. The van der Waals surface area contributed by atoms with Gasteiger partial charge in [0, 0.05) is 57.6 Å². The van der Waals surface area contributed by atoms with E-state index in [2.05, 4.69) is 45.6 Å². The van der Waals surface area contributed by atoms with Crippen LogP contribution in [0.25, 0.3) is 0 Å². The summed E-state index contributed by atoms with van der Waals surface area (Å²) in [5, 5.41) is 5.92. The molecule has 2 N–H and O–H groups in total. The minimum atomic E-state index is -0.394. The smallest absolute Gasteiger partial charge is 0.225 e. The van der Waals surface area contributed by atoms with Gasteiger partial charge in [0.05, 0.1) is 0 Å². The minimum absolute atomic E-state index is 0.0200. The molecule has 1 heterocycles. The number of hydrogen-bond donors (Lipinski definition) is 2. The largest absolute Gasteiger partial charge is 0.356 e. The second-order valence-corrected chi connectivity index (χ2v) is 8.87. The fourth-order valence-electron chi connectivity index (χ4n) is 3.39. The Morgan fingerprint density at radius 1 is 0.966 bits per heavy atom. The van der Waals surface area contributed by atoms with Crippen LogP contribution in [0.3, 0.4) is 0 Å². The third-order valence-corrected chi connectivity index (χ3v) is 5.45. The first kappa shape index (κ1) is 23.4. The third kappa shape index (κ3) is 8.15. The number of nitrogens with one attached hydrogen (secondary N) is 2. The molecule has 1 aliphatic heterocycles. The molecule has 6 nitrogen and oxygen atoms in total. The van der Waals surface area contributed by atoms with Crippen molar-refractivity contribution in [2.75, 3.05) is 39.3 Å². The molecular formula is C23H38N4O2. The summed E-state index contributed by atoms with van der Waals surface area (Å²) in [6.45, 7) is 15.4. The number of piperazine rings is 1. The number of likely N-dealkylation sites (N-methyl/N-ethyl adjacent to an activating group) is 1.